The Hall–Kier alpha value is -3.36. The van der Waals surface area contributed by atoms with E-state index < -0.39 is 0 Å². The van der Waals surface area contributed by atoms with Gasteiger partial charge in [-0.2, -0.15) is 5.10 Å². The van der Waals surface area contributed by atoms with E-state index in [9.17, 15) is 14.4 Å². The number of rotatable bonds is 7. The van der Waals surface area contributed by atoms with Gasteiger partial charge >= 0.3 is 5.97 Å². The fraction of sp³-hybridized carbons (Fsp3) is 0.520. The van der Waals surface area contributed by atoms with Gasteiger partial charge in [0.05, 0.1) is 6.61 Å². The van der Waals surface area contributed by atoms with Crippen LogP contribution < -0.4 is 5.32 Å². The van der Waals surface area contributed by atoms with Crippen LogP contribution in [-0.2, 0) is 33.7 Å². The maximum Gasteiger partial charge on any atom is 0.305 e. The second-order valence-corrected chi connectivity index (χ2v) is 9.49. The largest absolute Gasteiger partial charge is 0.466 e. The first-order chi connectivity index (χ1) is 16.4. The molecule has 0 radical (unpaired) electrons. The zero-order valence-electron chi connectivity index (χ0n) is 19.7. The van der Waals surface area contributed by atoms with Crippen LogP contribution in [0.3, 0.4) is 0 Å². The molecule has 180 valence electrons. The third-order valence-corrected chi connectivity index (χ3v) is 7.46. The van der Waals surface area contributed by atoms with Crippen molar-refractivity contribution >= 4 is 23.5 Å². The monoisotopic (exact) mass is 465 g/mol. The van der Waals surface area contributed by atoms with Gasteiger partial charge in [0.25, 0.3) is 5.91 Å². The molecule has 1 aromatic carbocycles. The van der Waals surface area contributed by atoms with Crippen molar-refractivity contribution in [2.45, 2.75) is 63.6 Å². The zero-order chi connectivity index (χ0) is 23.9. The highest BCUT2D eigenvalue weighted by Gasteiger charge is 2.49. The molecule has 2 aromatic rings. The summed E-state index contributed by atoms with van der Waals surface area (Å²) in [5.74, 6) is -0.356. The lowest BCUT2D eigenvalue weighted by Gasteiger charge is -2.31. The number of carbonyl (C=O) groups is 3. The van der Waals surface area contributed by atoms with Gasteiger partial charge in [-0.15, -0.1) is 0 Å². The smallest absolute Gasteiger partial charge is 0.305 e. The second-order valence-electron chi connectivity index (χ2n) is 9.49. The molecule has 1 saturated carbocycles. The van der Waals surface area contributed by atoms with Gasteiger partial charge in [0, 0.05) is 61.9 Å². The van der Waals surface area contributed by atoms with E-state index in [4.69, 9.17) is 4.74 Å². The van der Waals surface area contributed by atoms with E-state index in [0.29, 0.717) is 51.1 Å². The summed E-state index contributed by atoms with van der Waals surface area (Å²) in [5.41, 5.74) is 3.93. The number of nitrogens with one attached hydrogen (secondary N) is 2. The highest BCUT2D eigenvalue weighted by atomic mass is 16.5. The molecular weight excluding hydrogens is 434 g/mol. The van der Waals surface area contributed by atoms with Crippen LogP contribution in [0.1, 0.15) is 59.9 Å². The van der Waals surface area contributed by atoms with E-state index in [-0.39, 0.29) is 29.4 Å². The Labute approximate surface area is 198 Å². The predicted octanol–water partition coefficient (Wildman–Crippen LogP) is 2.28. The number of carbonyl (C=O) groups excluding carboxylic acids is 3. The van der Waals surface area contributed by atoms with Gasteiger partial charge < -0.3 is 19.9 Å². The van der Waals surface area contributed by atoms with E-state index in [1.807, 2.05) is 29.2 Å². The number of ether oxygens (including phenoxy) is 1. The first kappa shape index (κ1) is 22.4. The molecule has 3 aliphatic rings. The maximum atomic E-state index is 13.4. The van der Waals surface area contributed by atoms with Crippen molar-refractivity contribution in [2.24, 2.45) is 0 Å². The highest BCUT2D eigenvalue weighted by molar-refractivity contribution is 5.95. The summed E-state index contributed by atoms with van der Waals surface area (Å²) in [6.45, 7) is 3.11. The van der Waals surface area contributed by atoms with Crippen molar-refractivity contribution in [3.8, 4) is 0 Å². The molecule has 1 aromatic heterocycles. The number of hydrogen-bond acceptors (Lipinski definition) is 6. The van der Waals surface area contributed by atoms with Crippen LogP contribution in [-0.4, -0.2) is 69.6 Å². The third-order valence-electron chi connectivity index (χ3n) is 7.46. The number of anilines is 1. The third kappa shape index (κ3) is 4.03. The van der Waals surface area contributed by atoms with Gasteiger partial charge in [0.15, 0.2) is 5.69 Å². The normalized spacial score (nSPS) is 19.6. The number of para-hydroxylation sites is 1. The van der Waals surface area contributed by atoms with Crippen molar-refractivity contribution in [3.63, 3.8) is 0 Å². The Kier molecular flexibility index (Phi) is 5.79. The summed E-state index contributed by atoms with van der Waals surface area (Å²) >= 11 is 0. The molecule has 3 heterocycles. The molecule has 0 spiro atoms. The number of hydrogen-bond donors (Lipinski definition) is 2. The van der Waals surface area contributed by atoms with Crippen LogP contribution in [0.15, 0.2) is 24.3 Å². The van der Waals surface area contributed by atoms with Crippen molar-refractivity contribution in [1.29, 1.82) is 0 Å². The second kappa shape index (κ2) is 8.77. The number of benzene rings is 1. The standard InChI is InChI=1S/C25H31N5O4/c1-3-34-21(31)8-10-25(11-12-25)29(2)24(33)22-17-15-30(13-9-19(17)27-28-22)23(32)20-14-16-6-4-5-7-18(16)26-20/h4-7,20,26H,3,8-15H2,1-2H3,(H,27,28). The molecule has 2 amide bonds. The Balaban J connectivity index is 1.26. The van der Waals surface area contributed by atoms with Crippen LogP contribution in [0, 0.1) is 0 Å². The fourth-order valence-electron chi connectivity index (χ4n) is 5.17. The number of H-pyrrole nitrogens is 1. The van der Waals surface area contributed by atoms with Crippen LogP contribution in [0.2, 0.25) is 0 Å². The summed E-state index contributed by atoms with van der Waals surface area (Å²) in [5, 5.41) is 10.7. The molecule has 1 atom stereocenters. The molecule has 0 bridgehead atoms. The van der Waals surface area contributed by atoms with E-state index in [1.54, 1.807) is 18.9 Å². The number of aromatic nitrogens is 2. The molecular formula is C25H31N5O4. The Morgan fingerprint density at radius 1 is 1.26 bits per heavy atom. The average Bonchev–Trinajstić information content (AvgIpc) is 3.32. The average molecular weight is 466 g/mol. The molecule has 1 unspecified atom stereocenters. The van der Waals surface area contributed by atoms with Crippen molar-refractivity contribution in [1.82, 2.24) is 20.0 Å². The van der Waals surface area contributed by atoms with Crippen LogP contribution >= 0.6 is 0 Å². The quantitative estimate of drug-likeness (QED) is 0.608. The van der Waals surface area contributed by atoms with E-state index in [0.717, 1.165) is 35.3 Å². The summed E-state index contributed by atoms with van der Waals surface area (Å²) in [6, 6.07) is 7.70. The highest BCUT2D eigenvalue weighted by Crippen LogP contribution is 2.45. The first-order valence-electron chi connectivity index (χ1n) is 12.0. The van der Waals surface area contributed by atoms with E-state index in [1.165, 1.54) is 0 Å². The molecule has 2 aliphatic heterocycles. The number of aromatic amines is 1. The summed E-state index contributed by atoms with van der Waals surface area (Å²) in [7, 11) is 1.78. The maximum absolute atomic E-state index is 13.4. The van der Waals surface area contributed by atoms with Crippen LogP contribution in [0.4, 0.5) is 5.69 Å². The van der Waals surface area contributed by atoms with Gasteiger partial charge in [-0.25, -0.2) is 0 Å². The molecule has 34 heavy (non-hydrogen) atoms. The summed E-state index contributed by atoms with van der Waals surface area (Å²) < 4.78 is 5.05. The topological polar surface area (TPSA) is 108 Å². The molecule has 2 N–H and O–H groups in total. The van der Waals surface area contributed by atoms with Crippen molar-refractivity contribution < 1.29 is 19.1 Å². The van der Waals surface area contributed by atoms with Gasteiger partial charge in [-0.3, -0.25) is 19.5 Å². The molecule has 5 rings (SSSR count). The minimum absolute atomic E-state index is 0.0444. The van der Waals surface area contributed by atoms with Crippen molar-refractivity contribution in [3.05, 3.63) is 46.8 Å². The molecule has 0 saturated heterocycles. The molecule has 1 aliphatic carbocycles. The van der Waals surface area contributed by atoms with Gasteiger partial charge in [-0.1, -0.05) is 18.2 Å². The van der Waals surface area contributed by atoms with Gasteiger partial charge in [0.1, 0.15) is 6.04 Å². The fourth-order valence-corrected chi connectivity index (χ4v) is 5.17. The molecule has 9 heteroatoms. The lowest BCUT2D eigenvalue weighted by Crippen LogP contribution is -2.45. The summed E-state index contributed by atoms with van der Waals surface area (Å²) in [6.07, 6.45) is 3.90. The molecule has 9 nitrogen and oxygen atoms in total. The van der Waals surface area contributed by atoms with E-state index >= 15 is 0 Å². The number of amides is 2. The van der Waals surface area contributed by atoms with Gasteiger partial charge in [0.2, 0.25) is 5.91 Å². The van der Waals surface area contributed by atoms with Gasteiger partial charge in [-0.05, 0) is 37.8 Å². The zero-order valence-corrected chi connectivity index (χ0v) is 19.7. The predicted molar refractivity (Wildman–Crippen MR) is 125 cm³/mol. The summed E-state index contributed by atoms with van der Waals surface area (Å²) in [4.78, 5) is 42.1. The van der Waals surface area contributed by atoms with Crippen molar-refractivity contribution in [2.75, 3.05) is 25.5 Å². The number of nitrogens with zero attached hydrogens (tertiary/aromatic N) is 3. The van der Waals surface area contributed by atoms with Crippen LogP contribution in [0.5, 0.6) is 0 Å². The minimum Gasteiger partial charge on any atom is -0.466 e. The first-order valence-corrected chi connectivity index (χ1v) is 12.0. The lowest BCUT2D eigenvalue weighted by molar-refractivity contribution is -0.143. The Morgan fingerprint density at radius 2 is 2.06 bits per heavy atom. The lowest BCUT2D eigenvalue weighted by atomic mass is 10.0. The minimum atomic E-state index is -0.320. The Bertz CT molecular complexity index is 1100. The SMILES string of the molecule is CCOC(=O)CCC1(N(C)C(=O)c2n[nH]c3c2CN(C(=O)C2Cc4ccccc4N2)CC3)CC1. The molecule has 1 fully saturated rings. The number of fused-ring (bicyclic) bond motifs is 2. The number of esters is 1. The van der Waals surface area contributed by atoms with Crippen LogP contribution in [0.25, 0.3) is 0 Å². The van der Waals surface area contributed by atoms with E-state index in [2.05, 4.69) is 15.5 Å². The Morgan fingerprint density at radius 3 is 2.79 bits per heavy atom.